The van der Waals surface area contributed by atoms with Gasteiger partial charge in [0.25, 0.3) is 0 Å². The maximum atomic E-state index is 12.8. The number of rotatable bonds is 3. The molecule has 17 heavy (non-hydrogen) atoms. The molecule has 3 nitrogen and oxygen atoms in total. The van der Waals surface area contributed by atoms with Gasteiger partial charge < -0.3 is 10.3 Å². The SMILES string of the molecule is Cc1nc(C(C)N)cn1Cc1ccc(F)cc1. The molecule has 0 aliphatic rings. The molecule has 1 aromatic carbocycles. The van der Waals surface area contributed by atoms with Crippen LogP contribution < -0.4 is 5.73 Å². The largest absolute Gasteiger partial charge is 0.330 e. The predicted molar refractivity (Wildman–Crippen MR) is 65.1 cm³/mol. The van der Waals surface area contributed by atoms with Gasteiger partial charge in [-0.2, -0.15) is 0 Å². The summed E-state index contributed by atoms with van der Waals surface area (Å²) in [6.45, 7) is 4.53. The van der Waals surface area contributed by atoms with Gasteiger partial charge in [0.1, 0.15) is 11.6 Å². The van der Waals surface area contributed by atoms with Gasteiger partial charge in [-0.15, -0.1) is 0 Å². The average Bonchev–Trinajstić information content (AvgIpc) is 2.64. The first-order chi connectivity index (χ1) is 8.06. The maximum Gasteiger partial charge on any atom is 0.123 e. The topological polar surface area (TPSA) is 43.8 Å². The number of hydrogen-bond donors (Lipinski definition) is 1. The minimum atomic E-state index is -0.215. The summed E-state index contributed by atoms with van der Waals surface area (Å²) in [5.41, 5.74) is 7.71. The highest BCUT2D eigenvalue weighted by Crippen LogP contribution is 2.12. The molecule has 0 fully saturated rings. The third-order valence-electron chi connectivity index (χ3n) is 2.73. The van der Waals surface area contributed by atoms with E-state index < -0.39 is 0 Å². The number of hydrogen-bond acceptors (Lipinski definition) is 2. The van der Waals surface area contributed by atoms with Gasteiger partial charge in [-0.25, -0.2) is 9.37 Å². The summed E-state index contributed by atoms with van der Waals surface area (Å²) in [6, 6.07) is 6.42. The normalized spacial score (nSPS) is 12.7. The molecule has 1 atom stereocenters. The molecule has 0 spiro atoms. The summed E-state index contributed by atoms with van der Waals surface area (Å²) >= 11 is 0. The number of nitrogens with zero attached hydrogens (tertiary/aromatic N) is 2. The van der Waals surface area contributed by atoms with E-state index >= 15 is 0 Å². The van der Waals surface area contributed by atoms with Crippen LogP contribution in [0.5, 0.6) is 0 Å². The van der Waals surface area contributed by atoms with E-state index in [1.54, 1.807) is 12.1 Å². The maximum absolute atomic E-state index is 12.8. The minimum Gasteiger partial charge on any atom is -0.330 e. The minimum absolute atomic E-state index is 0.0665. The summed E-state index contributed by atoms with van der Waals surface area (Å²) < 4.78 is 14.8. The van der Waals surface area contributed by atoms with Crippen molar-refractivity contribution in [3.8, 4) is 0 Å². The number of aromatic nitrogens is 2. The van der Waals surface area contributed by atoms with E-state index in [0.29, 0.717) is 6.54 Å². The van der Waals surface area contributed by atoms with Crippen LogP contribution in [-0.2, 0) is 6.54 Å². The Hall–Kier alpha value is -1.68. The number of imidazole rings is 1. The molecule has 0 aliphatic heterocycles. The van der Waals surface area contributed by atoms with Crippen LogP contribution >= 0.6 is 0 Å². The second kappa shape index (κ2) is 4.67. The molecule has 90 valence electrons. The molecular weight excluding hydrogens is 217 g/mol. The van der Waals surface area contributed by atoms with Crippen LogP contribution in [0.2, 0.25) is 0 Å². The van der Waals surface area contributed by atoms with Crippen LogP contribution in [0.3, 0.4) is 0 Å². The molecule has 0 amide bonds. The van der Waals surface area contributed by atoms with Crippen molar-refractivity contribution in [1.29, 1.82) is 0 Å². The lowest BCUT2D eigenvalue weighted by atomic mass is 10.2. The molecule has 2 rings (SSSR count). The van der Waals surface area contributed by atoms with Gasteiger partial charge in [-0.1, -0.05) is 12.1 Å². The third kappa shape index (κ3) is 2.71. The predicted octanol–water partition coefficient (Wildman–Crippen LogP) is 2.40. The van der Waals surface area contributed by atoms with Crippen molar-refractivity contribution in [1.82, 2.24) is 9.55 Å². The lowest BCUT2D eigenvalue weighted by molar-refractivity contribution is 0.626. The summed E-state index contributed by atoms with van der Waals surface area (Å²) in [5.74, 6) is 0.703. The quantitative estimate of drug-likeness (QED) is 0.884. The summed E-state index contributed by atoms with van der Waals surface area (Å²) in [5, 5.41) is 0. The molecule has 0 bridgehead atoms. The molecule has 0 saturated heterocycles. The van der Waals surface area contributed by atoms with E-state index in [1.165, 1.54) is 12.1 Å². The Morgan fingerprint density at radius 3 is 2.53 bits per heavy atom. The molecule has 4 heteroatoms. The Balaban J connectivity index is 2.21. The van der Waals surface area contributed by atoms with Crippen molar-refractivity contribution in [3.05, 3.63) is 53.4 Å². The highest BCUT2D eigenvalue weighted by Gasteiger charge is 2.07. The fourth-order valence-corrected chi connectivity index (χ4v) is 1.70. The van der Waals surface area contributed by atoms with Gasteiger partial charge in [0.2, 0.25) is 0 Å². The van der Waals surface area contributed by atoms with Gasteiger partial charge in [-0.05, 0) is 31.5 Å². The summed E-state index contributed by atoms with van der Waals surface area (Å²) in [6.07, 6.45) is 1.95. The number of benzene rings is 1. The number of aryl methyl sites for hydroxylation is 1. The molecular formula is C13H16FN3. The van der Waals surface area contributed by atoms with Crippen LogP contribution in [0.1, 0.15) is 30.0 Å². The van der Waals surface area contributed by atoms with Crippen molar-refractivity contribution < 1.29 is 4.39 Å². The molecule has 1 aromatic heterocycles. The van der Waals surface area contributed by atoms with Gasteiger partial charge in [0, 0.05) is 18.8 Å². The summed E-state index contributed by atoms with van der Waals surface area (Å²) in [4.78, 5) is 4.39. The Morgan fingerprint density at radius 1 is 1.35 bits per heavy atom. The van der Waals surface area contributed by atoms with E-state index in [4.69, 9.17) is 5.73 Å². The van der Waals surface area contributed by atoms with E-state index in [2.05, 4.69) is 4.98 Å². The number of halogens is 1. The highest BCUT2D eigenvalue weighted by molar-refractivity contribution is 5.18. The van der Waals surface area contributed by atoms with E-state index in [1.807, 2.05) is 24.6 Å². The van der Waals surface area contributed by atoms with E-state index in [9.17, 15) is 4.39 Å². The van der Waals surface area contributed by atoms with Crippen molar-refractivity contribution in [2.75, 3.05) is 0 Å². The second-order valence-electron chi connectivity index (χ2n) is 4.26. The third-order valence-corrected chi connectivity index (χ3v) is 2.73. The van der Waals surface area contributed by atoms with Gasteiger partial charge >= 0.3 is 0 Å². The molecule has 2 aromatic rings. The average molecular weight is 233 g/mol. The zero-order valence-corrected chi connectivity index (χ0v) is 10.0. The van der Waals surface area contributed by atoms with Crippen molar-refractivity contribution >= 4 is 0 Å². The molecule has 0 aliphatic carbocycles. The zero-order chi connectivity index (χ0) is 12.4. The molecule has 1 unspecified atom stereocenters. The van der Waals surface area contributed by atoms with Crippen molar-refractivity contribution in [2.45, 2.75) is 26.4 Å². The molecule has 1 heterocycles. The Bertz CT molecular complexity index is 500. The summed E-state index contributed by atoms with van der Waals surface area (Å²) in [7, 11) is 0. The monoisotopic (exact) mass is 233 g/mol. The highest BCUT2D eigenvalue weighted by atomic mass is 19.1. The van der Waals surface area contributed by atoms with Crippen LogP contribution in [0.25, 0.3) is 0 Å². The zero-order valence-electron chi connectivity index (χ0n) is 10.0. The molecule has 0 radical (unpaired) electrons. The Morgan fingerprint density at radius 2 is 2.00 bits per heavy atom. The van der Waals surface area contributed by atoms with Gasteiger partial charge in [0.05, 0.1) is 5.69 Å². The van der Waals surface area contributed by atoms with Crippen LogP contribution in [0, 0.1) is 12.7 Å². The number of nitrogens with two attached hydrogens (primary N) is 1. The van der Waals surface area contributed by atoms with Gasteiger partial charge in [0.15, 0.2) is 0 Å². The Kier molecular flexibility index (Phi) is 3.24. The fourth-order valence-electron chi connectivity index (χ4n) is 1.70. The van der Waals surface area contributed by atoms with Crippen LogP contribution in [0.4, 0.5) is 4.39 Å². The van der Waals surface area contributed by atoms with Crippen LogP contribution in [0.15, 0.2) is 30.5 Å². The molecule has 0 saturated carbocycles. The Labute approximate surface area is 100 Å². The van der Waals surface area contributed by atoms with E-state index in [0.717, 1.165) is 17.1 Å². The van der Waals surface area contributed by atoms with Crippen molar-refractivity contribution in [2.24, 2.45) is 5.73 Å². The first-order valence-corrected chi connectivity index (χ1v) is 5.60. The molecule has 2 N–H and O–H groups in total. The fraction of sp³-hybridized carbons (Fsp3) is 0.308. The standard InChI is InChI=1S/C13H16FN3/c1-9(15)13-8-17(10(2)16-13)7-11-3-5-12(14)6-4-11/h3-6,8-9H,7,15H2,1-2H3. The first-order valence-electron chi connectivity index (χ1n) is 5.60. The van der Waals surface area contributed by atoms with Crippen molar-refractivity contribution in [3.63, 3.8) is 0 Å². The lowest BCUT2D eigenvalue weighted by Gasteiger charge is -2.04. The second-order valence-corrected chi connectivity index (χ2v) is 4.26. The van der Waals surface area contributed by atoms with E-state index in [-0.39, 0.29) is 11.9 Å². The van der Waals surface area contributed by atoms with Crippen LogP contribution in [-0.4, -0.2) is 9.55 Å². The first kappa shape index (κ1) is 11.8. The lowest BCUT2D eigenvalue weighted by Crippen LogP contribution is -2.05. The van der Waals surface area contributed by atoms with Gasteiger partial charge in [-0.3, -0.25) is 0 Å². The smallest absolute Gasteiger partial charge is 0.123 e.